The standard InChI is InChI=1S/C26H21NO7/c1-14-11-16-12-15(4-6-18(16)34-14)24(28)22-23(20-3-2-8-31-20)27(26(30)25(22)29)17-5-7-19-21(13-17)33-10-9-32-19/h2-8,12-14,23,28H,9-11H2,1H3/b24-22-. The van der Waals surface area contributed by atoms with Crippen molar-refractivity contribution in [1.29, 1.82) is 0 Å². The van der Waals surface area contributed by atoms with E-state index in [1.165, 1.54) is 11.2 Å². The third-order valence-corrected chi connectivity index (χ3v) is 6.23. The van der Waals surface area contributed by atoms with E-state index >= 15 is 0 Å². The molecule has 3 aliphatic heterocycles. The highest BCUT2D eigenvalue weighted by Crippen LogP contribution is 2.45. The van der Waals surface area contributed by atoms with Crippen molar-refractivity contribution in [2.45, 2.75) is 25.5 Å². The lowest BCUT2D eigenvalue weighted by Gasteiger charge is -2.25. The normalized spacial score (nSPS) is 22.6. The average Bonchev–Trinajstić information content (AvgIpc) is 3.56. The monoisotopic (exact) mass is 459 g/mol. The summed E-state index contributed by atoms with van der Waals surface area (Å²) < 4.78 is 22.6. The first-order chi connectivity index (χ1) is 16.5. The van der Waals surface area contributed by atoms with Gasteiger partial charge in [0.05, 0.1) is 11.8 Å². The summed E-state index contributed by atoms with van der Waals surface area (Å²) >= 11 is 0. The van der Waals surface area contributed by atoms with Gasteiger partial charge in [0.2, 0.25) is 0 Å². The molecule has 3 aliphatic rings. The number of furan rings is 1. The van der Waals surface area contributed by atoms with Crippen molar-refractivity contribution >= 4 is 23.1 Å². The van der Waals surface area contributed by atoms with Crippen molar-refractivity contribution in [2.24, 2.45) is 0 Å². The Kier molecular flexibility index (Phi) is 4.62. The molecule has 0 radical (unpaired) electrons. The van der Waals surface area contributed by atoms with E-state index in [2.05, 4.69) is 0 Å². The fraction of sp³-hybridized carbons (Fsp3) is 0.231. The van der Waals surface area contributed by atoms with E-state index in [4.69, 9.17) is 18.6 Å². The quantitative estimate of drug-likeness (QED) is 0.359. The first kappa shape index (κ1) is 20.4. The summed E-state index contributed by atoms with van der Waals surface area (Å²) in [7, 11) is 0. The van der Waals surface area contributed by atoms with Crippen LogP contribution in [-0.2, 0) is 16.0 Å². The number of hydrogen-bond donors (Lipinski definition) is 1. The zero-order chi connectivity index (χ0) is 23.4. The summed E-state index contributed by atoms with van der Waals surface area (Å²) in [5, 5.41) is 11.3. The van der Waals surface area contributed by atoms with Crippen LogP contribution in [0.3, 0.4) is 0 Å². The van der Waals surface area contributed by atoms with Crippen LogP contribution in [0.1, 0.15) is 29.9 Å². The lowest BCUT2D eigenvalue weighted by molar-refractivity contribution is -0.132. The van der Waals surface area contributed by atoms with Crippen molar-refractivity contribution in [2.75, 3.05) is 18.1 Å². The van der Waals surface area contributed by atoms with E-state index in [0.717, 1.165) is 11.3 Å². The largest absolute Gasteiger partial charge is 0.507 e. The molecule has 1 aromatic heterocycles. The second kappa shape index (κ2) is 7.69. The number of benzene rings is 2. The van der Waals surface area contributed by atoms with E-state index in [9.17, 15) is 14.7 Å². The van der Waals surface area contributed by atoms with Crippen LogP contribution in [0.5, 0.6) is 17.2 Å². The molecule has 1 N–H and O–H groups in total. The highest BCUT2D eigenvalue weighted by atomic mass is 16.6. The molecule has 0 aliphatic carbocycles. The topological polar surface area (TPSA) is 98.4 Å². The number of nitrogens with zero attached hydrogens (tertiary/aromatic N) is 1. The molecule has 0 spiro atoms. The van der Waals surface area contributed by atoms with E-state index in [1.54, 1.807) is 48.5 Å². The third-order valence-electron chi connectivity index (χ3n) is 6.23. The molecule has 0 saturated carbocycles. The number of amides is 1. The van der Waals surface area contributed by atoms with E-state index in [0.29, 0.717) is 48.1 Å². The van der Waals surface area contributed by atoms with Gasteiger partial charge in [-0.25, -0.2) is 0 Å². The fourth-order valence-corrected chi connectivity index (χ4v) is 4.72. The van der Waals surface area contributed by atoms with Crippen molar-refractivity contribution in [3.63, 3.8) is 0 Å². The summed E-state index contributed by atoms with van der Waals surface area (Å²) in [6.07, 6.45) is 2.20. The number of aliphatic hydroxyl groups excluding tert-OH is 1. The molecule has 1 fully saturated rings. The molecule has 8 nitrogen and oxygen atoms in total. The number of anilines is 1. The number of carbonyl (C=O) groups is 2. The molecule has 3 aromatic rings. The zero-order valence-corrected chi connectivity index (χ0v) is 18.3. The number of Topliss-reactive ketones (excluding diaryl/α,β-unsaturated/α-hetero) is 1. The molecule has 34 heavy (non-hydrogen) atoms. The van der Waals surface area contributed by atoms with Gasteiger partial charge in [-0.1, -0.05) is 0 Å². The predicted octanol–water partition coefficient (Wildman–Crippen LogP) is 4.00. The smallest absolute Gasteiger partial charge is 0.300 e. The molecular weight excluding hydrogens is 438 g/mol. The van der Waals surface area contributed by atoms with E-state index in [-0.39, 0.29) is 17.4 Å². The molecule has 172 valence electrons. The Morgan fingerprint density at radius 3 is 2.59 bits per heavy atom. The number of ether oxygens (including phenoxy) is 3. The maximum absolute atomic E-state index is 13.3. The van der Waals surface area contributed by atoms with Crippen LogP contribution in [0.4, 0.5) is 5.69 Å². The molecule has 0 bridgehead atoms. The van der Waals surface area contributed by atoms with Gasteiger partial charge in [-0.05, 0) is 55.0 Å². The maximum Gasteiger partial charge on any atom is 0.300 e. The Morgan fingerprint density at radius 2 is 1.79 bits per heavy atom. The summed E-state index contributed by atoms with van der Waals surface area (Å²) in [5.41, 5.74) is 1.77. The van der Waals surface area contributed by atoms with Crippen LogP contribution < -0.4 is 19.1 Å². The Balaban J connectivity index is 1.48. The number of rotatable bonds is 3. The van der Waals surface area contributed by atoms with Crippen LogP contribution >= 0.6 is 0 Å². The van der Waals surface area contributed by atoms with Crippen LogP contribution in [0, 0.1) is 0 Å². The van der Waals surface area contributed by atoms with Crippen molar-refractivity contribution in [1.82, 2.24) is 0 Å². The van der Waals surface area contributed by atoms with Crippen LogP contribution in [0.15, 0.2) is 64.8 Å². The van der Waals surface area contributed by atoms with Gasteiger partial charge in [0.1, 0.15) is 42.6 Å². The molecule has 1 saturated heterocycles. The third kappa shape index (κ3) is 3.14. The van der Waals surface area contributed by atoms with E-state index in [1.807, 2.05) is 6.92 Å². The Morgan fingerprint density at radius 1 is 1.00 bits per heavy atom. The fourth-order valence-electron chi connectivity index (χ4n) is 4.72. The summed E-state index contributed by atoms with van der Waals surface area (Å²) in [4.78, 5) is 27.8. The lowest BCUT2D eigenvalue weighted by atomic mass is 9.97. The van der Waals surface area contributed by atoms with E-state index < -0.39 is 17.7 Å². The predicted molar refractivity (Wildman–Crippen MR) is 121 cm³/mol. The lowest BCUT2D eigenvalue weighted by Crippen LogP contribution is -2.29. The Bertz CT molecular complexity index is 1340. The first-order valence-electron chi connectivity index (χ1n) is 11.1. The minimum Gasteiger partial charge on any atom is -0.507 e. The molecule has 2 unspecified atom stereocenters. The van der Waals surface area contributed by atoms with Gasteiger partial charge in [-0.3, -0.25) is 14.5 Å². The number of carbonyl (C=O) groups excluding carboxylic acids is 2. The van der Waals surface area contributed by atoms with Gasteiger partial charge in [-0.15, -0.1) is 0 Å². The number of fused-ring (bicyclic) bond motifs is 2. The van der Waals surface area contributed by atoms with Gasteiger partial charge >= 0.3 is 0 Å². The van der Waals surface area contributed by atoms with Crippen LogP contribution in [-0.4, -0.2) is 36.1 Å². The first-order valence-corrected chi connectivity index (χ1v) is 11.1. The second-order valence-corrected chi connectivity index (χ2v) is 8.47. The number of hydrogen-bond acceptors (Lipinski definition) is 7. The van der Waals surface area contributed by atoms with Gasteiger partial charge in [0.15, 0.2) is 11.5 Å². The van der Waals surface area contributed by atoms with Crippen molar-refractivity contribution in [3.8, 4) is 17.2 Å². The van der Waals surface area contributed by atoms with Crippen LogP contribution in [0.25, 0.3) is 5.76 Å². The van der Waals surface area contributed by atoms with Gasteiger partial charge < -0.3 is 23.7 Å². The molecule has 2 aromatic carbocycles. The van der Waals surface area contributed by atoms with Crippen LogP contribution in [0.2, 0.25) is 0 Å². The highest BCUT2D eigenvalue weighted by Gasteiger charge is 2.48. The highest BCUT2D eigenvalue weighted by molar-refractivity contribution is 6.51. The van der Waals surface area contributed by atoms with Gasteiger partial charge in [-0.2, -0.15) is 0 Å². The maximum atomic E-state index is 13.3. The second-order valence-electron chi connectivity index (χ2n) is 8.47. The Hall–Kier alpha value is -4.20. The van der Waals surface area contributed by atoms with Gasteiger partial charge in [0, 0.05) is 23.7 Å². The minimum atomic E-state index is -0.944. The molecule has 2 atom stereocenters. The molecule has 6 rings (SSSR count). The summed E-state index contributed by atoms with van der Waals surface area (Å²) in [6, 6.07) is 12.7. The summed E-state index contributed by atoms with van der Waals surface area (Å²) in [6.45, 7) is 2.79. The molecule has 1 amide bonds. The molecular formula is C26H21NO7. The minimum absolute atomic E-state index is 0.0382. The zero-order valence-electron chi connectivity index (χ0n) is 18.3. The van der Waals surface area contributed by atoms with Gasteiger partial charge in [0.25, 0.3) is 11.7 Å². The van der Waals surface area contributed by atoms with Crippen molar-refractivity contribution < 1.29 is 33.3 Å². The number of ketones is 1. The average molecular weight is 459 g/mol. The SMILES string of the molecule is CC1Cc2cc(/C(O)=C3/C(=O)C(=O)N(c4ccc5c(c4)OCCO5)C3c3ccco3)ccc2O1. The Labute approximate surface area is 194 Å². The van der Waals surface area contributed by atoms with Crippen molar-refractivity contribution in [3.05, 3.63) is 77.3 Å². The summed E-state index contributed by atoms with van der Waals surface area (Å²) in [5.74, 6) is 0.336. The molecule has 8 heteroatoms. The number of aliphatic hydroxyl groups is 1. The molecule has 4 heterocycles.